The smallest absolute Gasteiger partial charge is 0.279 e. The summed E-state index contributed by atoms with van der Waals surface area (Å²) in [7, 11) is -9.53. The summed E-state index contributed by atoms with van der Waals surface area (Å²) in [6.07, 6.45) is 0. The van der Waals surface area contributed by atoms with Crippen LogP contribution >= 0.6 is 11.3 Å². The van der Waals surface area contributed by atoms with Gasteiger partial charge in [0.2, 0.25) is 0 Å². The Balaban J connectivity index is 1.58. The molecule has 1 heterocycles. The number of hydrogen-bond donors (Lipinski definition) is 3. The molecule has 0 atom stereocenters. The molecule has 3 aromatic carbocycles. The largest absolute Gasteiger partial charge is 0.744 e. The van der Waals surface area contributed by atoms with Gasteiger partial charge in [-0.15, -0.1) is 16.5 Å². The third-order valence-electron chi connectivity index (χ3n) is 5.99. The van der Waals surface area contributed by atoms with Gasteiger partial charge in [-0.05, 0) is 74.4 Å². The lowest BCUT2D eigenvalue weighted by Crippen LogP contribution is -2.16. The fraction of sp³-hybridized carbons (Fsp3) is 0.154. The number of aryl methyl sites for hydroxylation is 2. The monoisotopic (exact) mass is 630 g/mol. The number of allylic oxidation sites excluding steroid dienone is 1. The normalized spacial score (nSPS) is 13.0. The number of anilines is 1. The van der Waals surface area contributed by atoms with Gasteiger partial charge < -0.3 is 24.6 Å². The number of azo groups is 1. The quantitative estimate of drug-likeness (QED) is 0.108. The number of thiazole rings is 1. The molecule has 13 nitrogen and oxygen atoms in total. The third-order valence-corrected chi connectivity index (χ3v) is 9.26. The molecule has 1 amide bonds. The number of aliphatic hydroxyl groups excluding tert-OH is 2. The van der Waals surface area contributed by atoms with Gasteiger partial charge in [0.1, 0.15) is 31.0 Å². The summed E-state index contributed by atoms with van der Waals surface area (Å²) >= 11 is 1.05. The number of aliphatic hydroxyl groups is 2. The number of benzene rings is 3. The number of carbonyl (C=O) groups is 1. The molecular formula is C26H22N4O9S3-2. The maximum atomic E-state index is 12.9. The molecule has 3 N–H and O–H groups in total. The number of carbonyl (C=O) groups excluding carboxylic acids is 1. The van der Waals surface area contributed by atoms with Crippen LogP contribution in [0.25, 0.3) is 20.8 Å². The molecule has 4 aromatic rings. The molecule has 220 valence electrons. The lowest BCUT2D eigenvalue weighted by molar-refractivity contribution is -0.113. The van der Waals surface area contributed by atoms with Crippen molar-refractivity contribution in [3.8, 4) is 10.6 Å². The van der Waals surface area contributed by atoms with Crippen LogP contribution in [0.4, 0.5) is 11.4 Å². The number of hydrogen-bond acceptors (Lipinski definition) is 13. The summed E-state index contributed by atoms with van der Waals surface area (Å²) in [5.41, 5.74) is 1.09. The highest BCUT2D eigenvalue weighted by molar-refractivity contribution is 7.86. The first-order valence-corrected chi connectivity index (χ1v) is 15.5. The average molecular weight is 631 g/mol. The molecule has 1 aromatic heterocycles. The van der Waals surface area contributed by atoms with Crippen LogP contribution in [0.5, 0.6) is 0 Å². The maximum absolute atomic E-state index is 12.9. The minimum absolute atomic E-state index is 0.00432. The fourth-order valence-corrected chi connectivity index (χ4v) is 7.02. The predicted octanol–water partition coefficient (Wildman–Crippen LogP) is 4.39. The van der Waals surface area contributed by atoms with Gasteiger partial charge in [-0.25, -0.2) is 21.8 Å². The van der Waals surface area contributed by atoms with Gasteiger partial charge in [-0.3, -0.25) is 4.79 Å². The van der Waals surface area contributed by atoms with E-state index < -0.39 is 49.1 Å². The van der Waals surface area contributed by atoms with E-state index in [1.165, 1.54) is 32.9 Å². The lowest BCUT2D eigenvalue weighted by atomic mass is 10.1. The van der Waals surface area contributed by atoms with Crippen LogP contribution in [0.2, 0.25) is 0 Å². The molecule has 0 aliphatic carbocycles. The second-order valence-electron chi connectivity index (χ2n) is 9.06. The van der Waals surface area contributed by atoms with Crippen molar-refractivity contribution in [2.45, 2.75) is 37.2 Å². The molecule has 16 heteroatoms. The molecule has 0 aliphatic heterocycles. The molecule has 0 aliphatic rings. The number of fused-ring (bicyclic) bond motifs is 1. The minimum atomic E-state index is -4.81. The van der Waals surface area contributed by atoms with E-state index in [1.807, 2.05) is 0 Å². The van der Waals surface area contributed by atoms with Crippen LogP contribution in [0.15, 0.2) is 80.0 Å². The molecule has 0 unspecified atom stereocenters. The highest BCUT2D eigenvalue weighted by Crippen LogP contribution is 2.36. The Hall–Kier alpha value is -4.06. The van der Waals surface area contributed by atoms with Crippen molar-refractivity contribution in [2.75, 3.05) is 5.32 Å². The van der Waals surface area contributed by atoms with Gasteiger partial charge in [0.25, 0.3) is 5.91 Å². The van der Waals surface area contributed by atoms with Gasteiger partial charge in [-0.1, -0.05) is 6.07 Å². The molecule has 4 rings (SSSR count). The SMILES string of the molecule is C/C(O)=C(\N=Nc1ccc(-c2nc3ccc(C)c(S(=O)(=O)[O-])c3s2)cc1)C(=O)Nc1cc(C)c(S(=O)(=O)[O-])cc1CO. The van der Waals surface area contributed by atoms with Crippen LogP contribution in [0.1, 0.15) is 23.6 Å². The number of nitrogens with one attached hydrogen (secondary N) is 1. The summed E-state index contributed by atoms with van der Waals surface area (Å²) < 4.78 is 70.0. The zero-order valence-electron chi connectivity index (χ0n) is 22.1. The van der Waals surface area contributed by atoms with Gasteiger partial charge in [-0.2, -0.15) is 5.11 Å². The number of aromatic nitrogens is 1. The van der Waals surface area contributed by atoms with E-state index in [1.54, 1.807) is 30.3 Å². The Bertz CT molecular complexity index is 1990. The van der Waals surface area contributed by atoms with Gasteiger partial charge in [0, 0.05) is 16.8 Å². The first-order chi connectivity index (χ1) is 19.6. The topological polar surface area (TPSA) is 222 Å². The van der Waals surface area contributed by atoms with Crippen molar-refractivity contribution in [3.63, 3.8) is 0 Å². The van der Waals surface area contributed by atoms with Crippen LogP contribution < -0.4 is 5.32 Å². The van der Waals surface area contributed by atoms with Crippen molar-refractivity contribution in [1.29, 1.82) is 0 Å². The second kappa shape index (κ2) is 11.7. The van der Waals surface area contributed by atoms with Crippen molar-refractivity contribution in [1.82, 2.24) is 4.98 Å². The highest BCUT2D eigenvalue weighted by Gasteiger charge is 2.19. The van der Waals surface area contributed by atoms with E-state index in [0.717, 1.165) is 17.4 Å². The van der Waals surface area contributed by atoms with Crippen molar-refractivity contribution in [2.24, 2.45) is 10.2 Å². The van der Waals surface area contributed by atoms with E-state index in [9.17, 15) is 40.9 Å². The molecular weight excluding hydrogens is 609 g/mol. The summed E-state index contributed by atoms with van der Waals surface area (Å²) in [6, 6.07) is 11.6. The van der Waals surface area contributed by atoms with Crippen LogP contribution in [0, 0.1) is 13.8 Å². The Morgan fingerprint density at radius 2 is 1.67 bits per heavy atom. The minimum Gasteiger partial charge on any atom is -0.744 e. The lowest BCUT2D eigenvalue weighted by Gasteiger charge is -2.16. The van der Waals surface area contributed by atoms with Gasteiger partial charge in [0.15, 0.2) is 5.70 Å². The van der Waals surface area contributed by atoms with Crippen LogP contribution in [-0.2, 0) is 31.6 Å². The molecule has 0 saturated heterocycles. The van der Waals surface area contributed by atoms with Crippen molar-refractivity contribution in [3.05, 3.63) is 76.7 Å². The zero-order valence-corrected chi connectivity index (χ0v) is 24.6. The number of amides is 1. The average Bonchev–Trinajstić information content (AvgIpc) is 3.31. The van der Waals surface area contributed by atoms with E-state index in [-0.39, 0.29) is 32.1 Å². The Kier molecular flexibility index (Phi) is 8.58. The number of nitrogens with zero attached hydrogens (tertiary/aromatic N) is 3. The molecule has 0 radical (unpaired) electrons. The van der Waals surface area contributed by atoms with Crippen LogP contribution in [-0.4, -0.2) is 47.0 Å². The first kappa shape index (κ1) is 30.9. The summed E-state index contributed by atoms with van der Waals surface area (Å²) in [4.78, 5) is 16.4. The molecule has 42 heavy (non-hydrogen) atoms. The number of rotatable bonds is 8. The molecule has 0 fully saturated rings. The molecule has 0 saturated carbocycles. The van der Waals surface area contributed by atoms with Crippen molar-refractivity contribution >= 4 is 59.1 Å². The summed E-state index contributed by atoms with van der Waals surface area (Å²) in [5.74, 6) is -1.40. The van der Waals surface area contributed by atoms with E-state index in [0.29, 0.717) is 21.7 Å². The zero-order chi connectivity index (χ0) is 31.0. The third kappa shape index (κ3) is 6.53. The Labute approximate surface area is 244 Å². The Morgan fingerprint density at radius 3 is 2.24 bits per heavy atom. The van der Waals surface area contributed by atoms with E-state index in [4.69, 9.17) is 0 Å². The standard InChI is InChI=1S/C26H24N4O9S3/c1-13-4-9-19-23(24(13)42(37,38)39)40-26(28-19)16-5-7-18(8-6-16)29-30-22(15(3)32)25(33)27-20-10-14(2)21(41(34,35)36)11-17(20)12-31/h4-11,31-32H,12H2,1-3H3,(H,27,33)(H,34,35,36)(H,37,38,39)/p-2/b22-15+,30-29?. The highest BCUT2D eigenvalue weighted by atomic mass is 32.2. The maximum Gasteiger partial charge on any atom is 0.279 e. The fourth-order valence-electron chi connectivity index (χ4n) is 3.99. The summed E-state index contributed by atoms with van der Waals surface area (Å²) in [5, 5.41) is 30.4. The van der Waals surface area contributed by atoms with E-state index in [2.05, 4.69) is 20.5 Å². The van der Waals surface area contributed by atoms with E-state index >= 15 is 0 Å². The summed E-state index contributed by atoms with van der Waals surface area (Å²) in [6.45, 7) is 3.39. The van der Waals surface area contributed by atoms with Gasteiger partial charge in [0.05, 0.1) is 32.3 Å². The van der Waals surface area contributed by atoms with Crippen LogP contribution in [0.3, 0.4) is 0 Å². The molecule has 0 spiro atoms. The molecule has 0 bridgehead atoms. The Morgan fingerprint density at radius 1 is 1.00 bits per heavy atom. The first-order valence-electron chi connectivity index (χ1n) is 11.9. The van der Waals surface area contributed by atoms with Gasteiger partial charge >= 0.3 is 0 Å². The second-order valence-corrected chi connectivity index (χ2v) is 12.7. The van der Waals surface area contributed by atoms with Crippen molar-refractivity contribution < 1.29 is 40.9 Å². The predicted molar refractivity (Wildman–Crippen MR) is 151 cm³/mol.